The van der Waals surface area contributed by atoms with Crippen molar-refractivity contribution in [3.05, 3.63) is 29.8 Å². The Balaban J connectivity index is 2.77. The van der Waals surface area contributed by atoms with E-state index in [9.17, 15) is 9.59 Å². The van der Waals surface area contributed by atoms with Gasteiger partial charge in [-0.3, -0.25) is 9.59 Å². The van der Waals surface area contributed by atoms with E-state index in [4.69, 9.17) is 4.74 Å². The highest BCUT2D eigenvalue weighted by Crippen LogP contribution is 2.12. The summed E-state index contributed by atoms with van der Waals surface area (Å²) in [5.74, 6) is 0.0655. The van der Waals surface area contributed by atoms with Crippen molar-refractivity contribution in [2.24, 2.45) is 0 Å². The Hall–Kier alpha value is -1.64. The van der Waals surface area contributed by atoms with Crippen molar-refractivity contribution < 1.29 is 14.3 Å². The molecule has 0 atom stereocenters. The largest absolute Gasteiger partial charge is 0.427 e. The van der Waals surface area contributed by atoms with Gasteiger partial charge in [0.05, 0.1) is 0 Å². The van der Waals surface area contributed by atoms with Gasteiger partial charge in [-0.1, -0.05) is 19.1 Å². The molecule has 0 aliphatic heterocycles. The van der Waals surface area contributed by atoms with Crippen molar-refractivity contribution in [3.8, 4) is 5.75 Å². The fourth-order valence-corrected chi connectivity index (χ4v) is 0.827. The molecule has 0 N–H and O–H groups in total. The van der Waals surface area contributed by atoms with Crippen LogP contribution in [-0.4, -0.2) is 12.3 Å². The molecule has 0 aliphatic carbocycles. The predicted molar refractivity (Wildman–Crippen MR) is 47.2 cm³/mol. The summed E-state index contributed by atoms with van der Waals surface area (Å²) in [6.07, 6.45) is 2.03. The zero-order valence-corrected chi connectivity index (χ0v) is 7.24. The van der Waals surface area contributed by atoms with Crippen LogP contribution in [-0.2, 0) is 9.59 Å². The summed E-state index contributed by atoms with van der Waals surface area (Å²) >= 11 is 0. The molecule has 0 aromatic heterocycles. The summed E-state index contributed by atoms with van der Waals surface area (Å²) in [5, 5.41) is 0. The third-order valence-corrected chi connectivity index (χ3v) is 1.47. The number of carbonyl (C=O) groups excluding carboxylic acids is 2. The minimum atomic E-state index is -0.317. The summed E-state index contributed by atoms with van der Waals surface area (Å²) in [7, 11) is 0. The van der Waals surface area contributed by atoms with Gasteiger partial charge in [0, 0.05) is 12.0 Å². The van der Waals surface area contributed by atoms with Crippen molar-refractivity contribution >= 4 is 12.3 Å². The molecule has 0 unspecified atom stereocenters. The van der Waals surface area contributed by atoms with E-state index in [1.165, 1.54) is 6.07 Å². The molecular formula is C10H9O3. The Labute approximate surface area is 76.3 Å². The molecule has 67 valence electrons. The molecule has 0 aliphatic rings. The molecule has 3 nitrogen and oxygen atoms in total. The Morgan fingerprint density at radius 1 is 1.54 bits per heavy atom. The van der Waals surface area contributed by atoms with Gasteiger partial charge in [0.1, 0.15) is 5.75 Å². The molecule has 1 aromatic carbocycles. The maximum absolute atomic E-state index is 10.9. The van der Waals surface area contributed by atoms with Crippen molar-refractivity contribution in [2.75, 3.05) is 0 Å². The van der Waals surface area contributed by atoms with Gasteiger partial charge in [-0.2, -0.15) is 0 Å². The molecule has 3 heteroatoms. The monoisotopic (exact) mass is 177 g/mol. The lowest BCUT2D eigenvalue weighted by Gasteiger charge is -2.01. The lowest BCUT2D eigenvalue weighted by atomic mass is 10.2. The van der Waals surface area contributed by atoms with Gasteiger partial charge in [-0.15, -0.1) is 0 Å². The Morgan fingerprint density at radius 2 is 2.31 bits per heavy atom. The van der Waals surface area contributed by atoms with E-state index in [0.29, 0.717) is 17.7 Å². The first kappa shape index (κ1) is 9.45. The standard InChI is InChI=1S/C10H9O3/c1-2-10(12)13-9-5-3-4-8(6-9)7-11/h3-6H,2H2,1H3. The second-order valence-electron chi connectivity index (χ2n) is 2.46. The molecule has 1 rings (SSSR count). The highest BCUT2D eigenvalue weighted by atomic mass is 16.5. The molecule has 0 bridgehead atoms. The van der Waals surface area contributed by atoms with E-state index < -0.39 is 0 Å². The van der Waals surface area contributed by atoms with Gasteiger partial charge < -0.3 is 4.74 Å². The zero-order valence-electron chi connectivity index (χ0n) is 7.24. The number of ether oxygens (including phenoxy) is 1. The number of esters is 1. The Bertz CT molecular complexity index is 318. The molecule has 0 amide bonds. The summed E-state index contributed by atoms with van der Waals surface area (Å²) in [4.78, 5) is 21.1. The van der Waals surface area contributed by atoms with E-state index in [-0.39, 0.29) is 5.97 Å². The Morgan fingerprint density at radius 3 is 2.92 bits per heavy atom. The molecule has 0 spiro atoms. The van der Waals surface area contributed by atoms with Gasteiger partial charge >= 0.3 is 5.97 Å². The third-order valence-electron chi connectivity index (χ3n) is 1.47. The van der Waals surface area contributed by atoms with Crippen LogP contribution in [0.2, 0.25) is 0 Å². The molecule has 13 heavy (non-hydrogen) atoms. The van der Waals surface area contributed by atoms with Crippen LogP contribution in [0.1, 0.15) is 18.9 Å². The normalized spacial score (nSPS) is 9.31. The fourth-order valence-electron chi connectivity index (χ4n) is 0.827. The molecule has 0 fully saturated rings. The summed E-state index contributed by atoms with van der Waals surface area (Å²) in [6, 6.07) is 6.32. The number of hydrogen-bond donors (Lipinski definition) is 0. The van der Waals surface area contributed by atoms with E-state index in [1.54, 1.807) is 31.4 Å². The van der Waals surface area contributed by atoms with Crippen LogP contribution in [0.3, 0.4) is 0 Å². The summed E-state index contributed by atoms with van der Waals surface area (Å²) in [5.41, 5.74) is 0.376. The first-order chi connectivity index (χ1) is 6.26. The van der Waals surface area contributed by atoms with Gasteiger partial charge in [0.2, 0.25) is 6.29 Å². The van der Waals surface area contributed by atoms with Crippen LogP contribution < -0.4 is 4.74 Å². The smallest absolute Gasteiger partial charge is 0.310 e. The first-order valence-corrected chi connectivity index (χ1v) is 3.95. The van der Waals surface area contributed by atoms with E-state index in [1.807, 2.05) is 0 Å². The lowest BCUT2D eigenvalue weighted by Crippen LogP contribution is -2.05. The fraction of sp³-hybridized carbons (Fsp3) is 0.200. The number of benzene rings is 1. The first-order valence-electron chi connectivity index (χ1n) is 3.95. The van der Waals surface area contributed by atoms with E-state index in [0.717, 1.165) is 0 Å². The second kappa shape index (κ2) is 4.40. The van der Waals surface area contributed by atoms with E-state index >= 15 is 0 Å². The highest BCUT2D eigenvalue weighted by Gasteiger charge is 2.01. The highest BCUT2D eigenvalue weighted by molar-refractivity contribution is 5.77. The third kappa shape index (κ3) is 2.71. The van der Waals surface area contributed by atoms with Crippen LogP contribution in [0.5, 0.6) is 5.75 Å². The maximum Gasteiger partial charge on any atom is 0.310 e. The minimum absolute atomic E-state index is 0.315. The quantitative estimate of drug-likeness (QED) is 0.518. The maximum atomic E-state index is 10.9. The van der Waals surface area contributed by atoms with Crippen molar-refractivity contribution in [2.45, 2.75) is 13.3 Å². The summed E-state index contributed by atoms with van der Waals surface area (Å²) in [6.45, 7) is 1.71. The SMILES string of the molecule is CCC(=O)Oc1cccc([C]=O)c1. The topological polar surface area (TPSA) is 43.4 Å². The molecule has 1 radical (unpaired) electrons. The van der Waals surface area contributed by atoms with Crippen molar-refractivity contribution in [3.63, 3.8) is 0 Å². The van der Waals surface area contributed by atoms with Crippen molar-refractivity contribution in [1.82, 2.24) is 0 Å². The zero-order chi connectivity index (χ0) is 9.68. The average molecular weight is 177 g/mol. The molecular weight excluding hydrogens is 168 g/mol. The van der Waals surface area contributed by atoms with Crippen LogP contribution in [0, 0.1) is 0 Å². The number of carbonyl (C=O) groups is 1. The van der Waals surface area contributed by atoms with Crippen molar-refractivity contribution in [1.29, 1.82) is 0 Å². The lowest BCUT2D eigenvalue weighted by molar-refractivity contribution is -0.134. The number of hydrogen-bond acceptors (Lipinski definition) is 3. The van der Waals surface area contributed by atoms with Crippen LogP contribution >= 0.6 is 0 Å². The number of rotatable bonds is 3. The van der Waals surface area contributed by atoms with Crippen LogP contribution in [0.25, 0.3) is 0 Å². The molecule has 0 saturated carbocycles. The Kier molecular flexibility index (Phi) is 3.20. The van der Waals surface area contributed by atoms with E-state index in [2.05, 4.69) is 0 Å². The van der Waals surface area contributed by atoms with Gasteiger partial charge in [0.25, 0.3) is 0 Å². The second-order valence-corrected chi connectivity index (χ2v) is 2.46. The molecule has 0 saturated heterocycles. The van der Waals surface area contributed by atoms with Gasteiger partial charge in [0.15, 0.2) is 0 Å². The van der Waals surface area contributed by atoms with Gasteiger partial charge in [-0.25, -0.2) is 0 Å². The van der Waals surface area contributed by atoms with Crippen LogP contribution in [0.4, 0.5) is 0 Å². The summed E-state index contributed by atoms with van der Waals surface area (Å²) < 4.78 is 4.89. The average Bonchev–Trinajstić information content (AvgIpc) is 2.18. The molecule has 1 aromatic rings. The van der Waals surface area contributed by atoms with Crippen LogP contribution in [0.15, 0.2) is 24.3 Å². The molecule has 0 heterocycles. The van der Waals surface area contributed by atoms with Gasteiger partial charge in [-0.05, 0) is 12.1 Å². The predicted octanol–water partition coefficient (Wildman–Crippen LogP) is 1.46. The minimum Gasteiger partial charge on any atom is -0.427 e.